The summed E-state index contributed by atoms with van der Waals surface area (Å²) in [4.78, 5) is 56.0. The standard InChI is InChI=1S/C27H20ClN3O4S3/c1-14-4-8-16(9-5-14)29-19(32)13-30-26-23(38-27(30)35)20(18-3-2-12-36-18)21-22(37-26)25(34)31(24(21)33)17-10-6-15(28)7-11-17/h2-12,20-22H,13H2,1H3,(H,29,32)/t20-,21?,22?/m0/s1. The number of hydrogen-bond acceptors (Lipinski definition) is 7. The Labute approximate surface area is 235 Å². The fourth-order valence-electron chi connectivity index (χ4n) is 4.86. The number of anilines is 2. The van der Waals surface area contributed by atoms with Crippen LogP contribution in [0.1, 0.15) is 21.2 Å². The van der Waals surface area contributed by atoms with E-state index < -0.39 is 17.1 Å². The molecule has 2 aliphatic heterocycles. The van der Waals surface area contributed by atoms with Crippen LogP contribution >= 0.6 is 46.0 Å². The molecule has 0 bridgehead atoms. The molecule has 2 aliphatic rings. The lowest BCUT2D eigenvalue weighted by molar-refractivity contribution is -0.122. The molecule has 0 radical (unpaired) electrons. The maximum Gasteiger partial charge on any atom is 0.308 e. The normalized spacial score (nSPS) is 20.4. The molecule has 3 amide bonds. The van der Waals surface area contributed by atoms with Gasteiger partial charge in [0.15, 0.2) is 0 Å². The number of halogens is 1. The first-order valence-electron chi connectivity index (χ1n) is 11.8. The summed E-state index contributed by atoms with van der Waals surface area (Å²) in [6.07, 6.45) is 0. The maximum atomic E-state index is 13.8. The minimum atomic E-state index is -0.724. The molecule has 1 N–H and O–H groups in total. The van der Waals surface area contributed by atoms with Crippen molar-refractivity contribution in [3.05, 3.63) is 96.1 Å². The monoisotopic (exact) mass is 581 g/mol. The van der Waals surface area contributed by atoms with Crippen LogP contribution in [0, 0.1) is 12.8 Å². The van der Waals surface area contributed by atoms with Gasteiger partial charge >= 0.3 is 4.87 Å². The molecule has 0 aliphatic carbocycles. The van der Waals surface area contributed by atoms with E-state index in [2.05, 4.69) is 5.32 Å². The number of aromatic nitrogens is 1. The summed E-state index contributed by atoms with van der Waals surface area (Å²) in [5.41, 5.74) is 2.17. The van der Waals surface area contributed by atoms with Crippen LogP contribution in [0.3, 0.4) is 0 Å². The van der Waals surface area contributed by atoms with E-state index in [-0.39, 0.29) is 29.1 Å². The number of thiophene rings is 1. The molecule has 1 saturated heterocycles. The highest BCUT2D eigenvalue weighted by atomic mass is 35.5. The van der Waals surface area contributed by atoms with Crippen molar-refractivity contribution in [1.29, 1.82) is 0 Å². The number of benzene rings is 2. The van der Waals surface area contributed by atoms with E-state index in [9.17, 15) is 19.2 Å². The fraction of sp³-hybridized carbons (Fsp3) is 0.185. The summed E-state index contributed by atoms with van der Waals surface area (Å²) in [5, 5.41) is 5.10. The Morgan fingerprint density at radius 2 is 1.74 bits per heavy atom. The quantitative estimate of drug-likeness (QED) is 0.320. The summed E-state index contributed by atoms with van der Waals surface area (Å²) in [7, 11) is 0. The Balaban J connectivity index is 1.38. The topological polar surface area (TPSA) is 88.5 Å². The smallest absolute Gasteiger partial charge is 0.308 e. The van der Waals surface area contributed by atoms with E-state index >= 15 is 0 Å². The molecule has 2 aromatic heterocycles. The van der Waals surface area contributed by atoms with Gasteiger partial charge in [-0.25, -0.2) is 4.90 Å². The van der Waals surface area contributed by atoms with Gasteiger partial charge in [0.05, 0.1) is 16.6 Å². The number of fused-ring (bicyclic) bond motifs is 2. The number of aryl methyl sites for hydroxylation is 1. The molecular weight excluding hydrogens is 562 g/mol. The van der Waals surface area contributed by atoms with Crippen LogP contribution in [-0.4, -0.2) is 27.5 Å². The second kappa shape index (κ2) is 9.85. The molecule has 38 heavy (non-hydrogen) atoms. The van der Waals surface area contributed by atoms with E-state index in [1.54, 1.807) is 36.4 Å². The van der Waals surface area contributed by atoms with Gasteiger partial charge in [0.1, 0.15) is 11.8 Å². The highest BCUT2D eigenvalue weighted by Gasteiger charge is 2.57. The van der Waals surface area contributed by atoms with Crippen molar-refractivity contribution < 1.29 is 14.4 Å². The molecule has 3 atom stereocenters. The van der Waals surface area contributed by atoms with E-state index in [1.165, 1.54) is 32.6 Å². The SMILES string of the molecule is Cc1ccc(NC(=O)Cn2c3c(sc2=O)[C@@H](c2cccs2)C2C(=O)N(c4ccc(Cl)cc4)C(=O)C2S3)cc1. The summed E-state index contributed by atoms with van der Waals surface area (Å²) in [6, 6.07) is 17.8. The van der Waals surface area contributed by atoms with Gasteiger partial charge in [-0.2, -0.15) is 0 Å². The lowest BCUT2D eigenvalue weighted by atomic mass is 9.87. The van der Waals surface area contributed by atoms with E-state index in [1.807, 2.05) is 36.6 Å². The average molecular weight is 582 g/mol. The third kappa shape index (κ3) is 4.31. The van der Waals surface area contributed by atoms with Gasteiger partial charge in [0.25, 0.3) is 0 Å². The number of imide groups is 1. The number of carbonyl (C=O) groups excluding carboxylic acids is 3. The number of thioether (sulfide) groups is 1. The Kier molecular flexibility index (Phi) is 6.51. The van der Waals surface area contributed by atoms with E-state index in [4.69, 9.17) is 11.6 Å². The van der Waals surface area contributed by atoms with Crippen LogP contribution in [0.2, 0.25) is 5.02 Å². The van der Waals surface area contributed by atoms with Gasteiger partial charge in [0.2, 0.25) is 17.7 Å². The summed E-state index contributed by atoms with van der Waals surface area (Å²) >= 11 is 9.75. The van der Waals surface area contributed by atoms with Gasteiger partial charge in [-0.05, 0) is 54.8 Å². The summed E-state index contributed by atoms with van der Waals surface area (Å²) in [5.74, 6) is -2.10. The third-order valence-corrected chi connectivity index (χ3v) is 10.4. The van der Waals surface area contributed by atoms with E-state index in [0.29, 0.717) is 26.3 Å². The highest BCUT2D eigenvalue weighted by Crippen LogP contribution is 2.54. The summed E-state index contributed by atoms with van der Waals surface area (Å²) in [6.45, 7) is 1.77. The van der Waals surface area contributed by atoms with Crippen molar-refractivity contribution in [3.8, 4) is 0 Å². The molecule has 11 heteroatoms. The molecule has 4 aromatic rings. The molecule has 1 fully saturated rings. The first-order chi connectivity index (χ1) is 18.3. The molecule has 2 unspecified atom stereocenters. The Hall–Kier alpha value is -3.18. The number of thiazole rings is 1. The van der Waals surface area contributed by atoms with Crippen molar-refractivity contribution in [3.63, 3.8) is 0 Å². The van der Waals surface area contributed by atoms with Gasteiger partial charge in [0, 0.05) is 26.4 Å². The predicted octanol–water partition coefficient (Wildman–Crippen LogP) is 5.37. The Morgan fingerprint density at radius 1 is 1.00 bits per heavy atom. The van der Waals surface area contributed by atoms with Crippen molar-refractivity contribution in [2.75, 3.05) is 10.2 Å². The first kappa shape index (κ1) is 25.1. The lowest BCUT2D eigenvalue weighted by Gasteiger charge is -2.29. The molecular formula is C27H20ClN3O4S3. The molecule has 6 rings (SSSR count). The van der Waals surface area contributed by atoms with Gasteiger partial charge in [-0.15, -0.1) is 11.3 Å². The zero-order valence-electron chi connectivity index (χ0n) is 19.9. The Morgan fingerprint density at radius 3 is 2.42 bits per heavy atom. The lowest BCUT2D eigenvalue weighted by Crippen LogP contribution is -2.32. The minimum absolute atomic E-state index is 0.191. The van der Waals surface area contributed by atoms with Gasteiger partial charge in [-0.1, -0.05) is 58.5 Å². The molecule has 4 heterocycles. The molecule has 192 valence electrons. The summed E-state index contributed by atoms with van der Waals surface area (Å²) < 4.78 is 1.42. The van der Waals surface area contributed by atoms with Gasteiger partial charge in [-0.3, -0.25) is 23.7 Å². The highest BCUT2D eigenvalue weighted by molar-refractivity contribution is 8.00. The van der Waals surface area contributed by atoms with Crippen molar-refractivity contribution in [2.24, 2.45) is 5.92 Å². The molecule has 2 aromatic carbocycles. The number of amides is 3. The number of rotatable bonds is 5. The number of nitrogens with zero attached hydrogens (tertiary/aromatic N) is 2. The van der Waals surface area contributed by atoms with Crippen molar-refractivity contribution in [2.45, 2.75) is 29.7 Å². The molecule has 0 spiro atoms. The minimum Gasteiger partial charge on any atom is -0.325 e. The van der Waals surface area contributed by atoms with Crippen LogP contribution in [0.15, 0.2) is 75.9 Å². The van der Waals surface area contributed by atoms with Crippen LogP contribution < -0.4 is 15.1 Å². The number of nitrogens with one attached hydrogen (secondary N) is 1. The van der Waals surface area contributed by atoms with Crippen molar-refractivity contribution >= 4 is 75.1 Å². The van der Waals surface area contributed by atoms with E-state index in [0.717, 1.165) is 21.8 Å². The number of hydrogen-bond donors (Lipinski definition) is 1. The Bertz CT molecular complexity index is 1610. The zero-order chi connectivity index (χ0) is 26.6. The van der Waals surface area contributed by atoms with Crippen LogP contribution in [0.25, 0.3) is 0 Å². The van der Waals surface area contributed by atoms with Crippen LogP contribution in [0.5, 0.6) is 0 Å². The fourth-order valence-corrected chi connectivity index (χ4v) is 8.70. The molecule has 0 saturated carbocycles. The largest absolute Gasteiger partial charge is 0.325 e. The average Bonchev–Trinajstić information content (AvgIpc) is 3.59. The number of carbonyl (C=O) groups is 3. The second-order valence-electron chi connectivity index (χ2n) is 9.08. The predicted molar refractivity (Wildman–Crippen MR) is 152 cm³/mol. The van der Waals surface area contributed by atoms with Crippen molar-refractivity contribution in [1.82, 2.24) is 4.57 Å². The molecule has 7 nitrogen and oxygen atoms in total. The van der Waals surface area contributed by atoms with Crippen LogP contribution in [0.4, 0.5) is 11.4 Å². The zero-order valence-corrected chi connectivity index (χ0v) is 23.1. The maximum absolute atomic E-state index is 13.8. The third-order valence-electron chi connectivity index (χ3n) is 6.62. The second-order valence-corrected chi connectivity index (χ2v) is 12.6. The van der Waals surface area contributed by atoms with Gasteiger partial charge < -0.3 is 5.32 Å². The van der Waals surface area contributed by atoms with Crippen LogP contribution in [-0.2, 0) is 20.9 Å². The first-order valence-corrected chi connectivity index (χ1v) is 14.7.